The number of anilines is 1. The van der Waals surface area contributed by atoms with Crippen molar-refractivity contribution in [2.24, 2.45) is 0 Å². The smallest absolute Gasteiger partial charge is 0.410 e. The molecule has 0 bridgehead atoms. The van der Waals surface area contributed by atoms with E-state index in [1.165, 1.54) is 0 Å². The molecule has 1 aliphatic rings. The molecule has 3 aromatic heterocycles. The molecule has 29 heavy (non-hydrogen) atoms. The van der Waals surface area contributed by atoms with Crippen molar-refractivity contribution in [2.75, 3.05) is 37.3 Å². The molecule has 0 saturated carbocycles. The minimum Gasteiger partial charge on any atom is -0.447 e. The number of hydrogen-bond donors (Lipinski definition) is 0. The lowest BCUT2D eigenvalue weighted by Crippen LogP contribution is -2.49. The first-order valence-electron chi connectivity index (χ1n) is 9.61. The Hall–Kier alpha value is -2.81. The second-order valence-electron chi connectivity index (χ2n) is 7.08. The van der Waals surface area contributed by atoms with Crippen molar-refractivity contribution in [1.82, 2.24) is 24.5 Å². The number of amides is 1. The molecule has 0 atom stereocenters. The second kappa shape index (κ2) is 8.28. The molecule has 4 rings (SSSR count). The van der Waals surface area contributed by atoms with Gasteiger partial charge < -0.3 is 14.5 Å². The van der Waals surface area contributed by atoms with E-state index in [0.29, 0.717) is 26.2 Å². The molecule has 4 heterocycles. The number of thioether (sulfide) groups is 1. The highest BCUT2D eigenvalue weighted by Gasteiger charge is 2.24. The van der Waals surface area contributed by atoms with Gasteiger partial charge in [0.15, 0.2) is 5.65 Å². The zero-order valence-electron chi connectivity index (χ0n) is 16.8. The standard InChI is InChI=1S/C20H24N6O2S/c1-14(2)28-20(27)25-11-9-24(10-12-25)17-6-8-26-18(23-17)16(13-22-26)15-5-4-7-21-19(15)29-3/h4-8,13-14H,9-12H2,1-3H3. The molecule has 3 aromatic rings. The van der Waals surface area contributed by atoms with Crippen molar-refractivity contribution < 1.29 is 9.53 Å². The van der Waals surface area contributed by atoms with Gasteiger partial charge in [-0.1, -0.05) is 0 Å². The van der Waals surface area contributed by atoms with Crippen LogP contribution in [0.5, 0.6) is 0 Å². The van der Waals surface area contributed by atoms with E-state index in [1.807, 2.05) is 50.7 Å². The van der Waals surface area contributed by atoms with Gasteiger partial charge in [0.2, 0.25) is 0 Å². The Morgan fingerprint density at radius 3 is 2.69 bits per heavy atom. The molecule has 0 aromatic carbocycles. The molecule has 0 aliphatic carbocycles. The van der Waals surface area contributed by atoms with Crippen LogP contribution >= 0.6 is 11.8 Å². The summed E-state index contributed by atoms with van der Waals surface area (Å²) in [6, 6.07) is 5.94. The highest BCUT2D eigenvalue weighted by molar-refractivity contribution is 7.98. The number of carbonyl (C=O) groups is 1. The first-order valence-corrected chi connectivity index (χ1v) is 10.8. The molecule has 1 fully saturated rings. The van der Waals surface area contributed by atoms with E-state index < -0.39 is 0 Å². The van der Waals surface area contributed by atoms with E-state index in [0.717, 1.165) is 27.6 Å². The number of piperazine rings is 1. The lowest BCUT2D eigenvalue weighted by molar-refractivity contribution is 0.0751. The fourth-order valence-electron chi connectivity index (χ4n) is 3.38. The lowest BCUT2D eigenvalue weighted by atomic mass is 10.1. The summed E-state index contributed by atoms with van der Waals surface area (Å²) < 4.78 is 7.08. The maximum absolute atomic E-state index is 12.1. The van der Waals surface area contributed by atoms with Gasteiger partial charge in [-0.05, 0) is 38.3 Å². The van der Waals surface area contributed by atoms with E-state index in [1.54, 1.807) is 27.4 Å². The summed E-state index contributed by atoms with van der Waals surface area (Å²) in [5.74, 6) is 0.880. The van der Waals surface area contributed by atoms with Crippen molar-refractivity contribution >= 4 is 29.3 Å². The predicted molar refractivity (Wildman–Crippen MR) is 113 cm³/mol. The lowest BCUT2D eigenvalue weighted by Gasteiger charge is -2.35. The Labute approximate surface area is 173 Å². The fraction of sp³-hybridized carbons (Fsp3) is 0.400. The summed E-state index contributed by atoms with van der Waals surface area (Å²) >= 11 is 1.61. The maximum Gasteiger partial charge on any atom is 0.410 e. The van der Waals surface area contributed by atoms with E-state index in [2.05, 4.69) is 15.0 Å². The molecule has 9 heteroatoms. The normalized spacial score (nSPS) is 14.6. The van der Waals surface area contributed by atoms with Gasteiger partial charge in [-0.3, -0.25) is 0 Å². The summed E-state index contributed by atoms with van der Waals surface area (Å²) in [6.45, 7) is 6.38. The summed E-state index contributed by atoms with van der Waals surface area (Å²) in [6.07, 6.45) is 7.22. The minimum absolute atomic E-state index is 0.108. The monoisotopic (exact) mass is 412 g/mol. The number of fused-ring (bicyclic) bond motifs is 1. The van der Waals surface area contributed by atoms with Crippen LogP contribution < -0.4 is 4.90 Å². The number of ether oxygens (including phenoxy) is 1. The van der Waals surface area contributed by atoms with Gasteiger partial charge >= 0.3 is 6.09 Å². The SMILES string of the molecule is CSc1ncccc1-c1cnn2ccc(N3CCN(C(=O)OC(C)C)CC3)nc12. The van der Waals surface area contributed by atoms with Crippen LogP contribution in [0.2, 0.25) is 0 Å². The Kier molecular flexibility index (Phi) is 5.57. The van der Waals surface area contributed by atoms with Crippen molar-refractivity contribution in [3.63, 3.8) is 0 Å². The molecular formula is C20H24N6O2S. The molecule has 152 valence electrons. The highest BCUT2D eigenvalue weighted by atomic mass is 32.2. The number of pyridine rings is 1. The predicted octanol–water partition coefficient (Wildman–Crippen LogP) is 3.18. The largest absolute Gasteiger partial charge is 0.447 e. The highest BCUT2D eigenvalue weighted by Crippen LogP contribution is 2.31. The van der Waals surface area contributed by atoms with Gasteiger partial charge in [-0.25, -0.2) is 19.3 Å². The third-order valence-corrected chi connectivity index (χ3v) is 5.52. The molecule has 8 nitrogen and oxygen atoms in total. The third kappa shape index (κ3) is 4.00. The molecule has 1 saturated heterocycles. The molecule has 0 unspecified atom stereocenters. The average molecular weight is 413 g/mol. The molecular weight excluding hydrogens is 388 g/mol. The van der Waals surface area contributed by atoms with Crippen LogP contribution in [-0.2, 0) is 4.74 Å². The van der Waals surface area contributed by atoms with Crippen molar-refractivity contribution in [2.45, 2.75) is 25.0 Å². The molecule has 0 N–H and O–H groups in total. The Morgan fingerprint density at radius 2 is 1.97 bits per heavy atom. The topological polar surface area (TPSA) is 75.9 Å². The van der Waals surface area contributed by atoms with Gasteiger partial charge in [0.05, 0.1) is 12.3 Å². The molecule has 0 radical (unpaired) electrons. The van der Waals surface area contributed by atoms with Crippen LogP contribution in [0.25, 0.3) is 16.8 Å². The van der Waals surface area contributed by atoms with Gasteiger partial charge in [-0.15, -0.1) is 11.8 Å². The summed E-state index contributed by atoms with van der Waals surface area (Å²) in [4.78, 5) is 25.4. The van der Waals surface area contributed by atoms with Gasteiger partial charge in [-0.2, -0.15) is 5.10 Å². The molecule has 1 aliphatic heterocycles. The van der Waals surface area contributed by atoms with E-state index >= 15 is 0 Å². The van der Waals surface area contributed by atoms with Crippen LogP contribution in [0.3, 0.4) is 0 Å². The van der Waals surface area contributed by atoms with E-state index in [-0.39, 0.29) is 12.2 Å². The zero-order chi connectivity index (χ0) is 20.4. The van der Waals surface area contributed by atoms with Crippen LogP contribution in [0.4, 0.5) is 10.6 Å². The number of hydrogen-bond acceptors (Lipinski definition) is 7. The van der Waals surface area contributed by atoms with Crippen LogP contribution in [0.15, 0.2) is 41.8 Å². The van der Waals surface area contributed by atoms with Gasteiger partial charge in [0.1, 0.15) is 10.8 Å². The Morgan fingerprint density at radius 1 is 1.17 bits per heavy atom. The van der Waals surface area contributed by atoms with Crippen LogP contribution in [-0.4, -0.2) is 69.1 Å². The summed E-state index contributed by atoms with van der Waals surface area (Å²) in [5, 5.41) is 5.40. The number of aromatic nitrogens is 4. The minimum atomic E-state index is -0.248. The molecule has 1 amide bonds. The Balaban J connectivity index is 1.56. The average Bonchev–Trinajstić information content (AvgIpc) is 3.16. The van der Waals surface area contributed by atoms with Crippen LogP contribution in [0.1, 0.15) is 13.8 Å². The van der Waals surface area contributed by atoms with E-state index in [9.17, 15) is 4.79 Å². The van der Waals surface area contributed by atoms with Crippen molar-refractivity contribution in [3.05, 3.63) is 36.8 Å². The summed E-state index contributed by atoms with van der Waals surface area (Å²) in [5.41, 5.74) is 2.79. The molecule has 0 spiro atoms. The fourth-order valence-corrected chi connectivity index (χ4v) is 3.94. The van der Waals surface area contributed by atoms with Gasteiger partial charge in [0.25, 0.3) is 0 Å². The first-order chi connectivity index (χ1) is 14.1. The number of carbonyl (C=O) groups excluding carboxylic acids is 1. The zero-order valence-corrected chi connectivity index (χ0v) is 17.6. The van der Waals surface area contributed by atoms with Crippen molar-refractivity contribution in [3.8, 4) is 11.1 Å². The third-order valence-electron chi connectivity index (χ3n) is 4.81. The van der Waals surface area contributed by atoms with Gasteiger partial charge in [0, 0.05) is 49.7 Å². The second-order valence-corrected chi connectivity index (χ2v) is 7.87. The maximum atomic E-state index is 12.1. The quantitative estimate of drug-likeness (QED) is 0.609. The Bertz CT molecular complexity index is 1010. The van der Waals surface area contributed by atoms with Crippen molar-refractivity contribution in [1.29, 1.82) is 0 Å². The summed E-state index contributed by atoms with van der Waals surface area (Å²) in [7, 11) is 0. The number of nitrogens with zero attached hydrogens (tertiary/aromatic N) is 6. The van der Waals surface area contributed by atoms with E-state index in [4.69, 9.17) is 9.72 Å². The first kappa shape index (κ1) is 19.5. The number of rotatable bonds is 4. The van der Waals surface area contributed by atoms with Crippen LogP contribution in [0, 0.1) is 0 Å².